The van der Waals surface area contributed by atoms with Crippen molar-refractivity contribution in [2.24, 2.45) is 0 Å². The van der Waals surface area contributed by atoms with Gasteiger partial charge in [0.1, 0.15) is 11.8 Å². The first kappa shape index (κ1) is 17.3. The SMILES string of the molecule is CSCn1c(-c2ccc(Cl)cc2)c(C#N)c(Br)c1C(F)(F)F. The van der Waals surface area contributed by atoms with E-state index in [0.717, 1.165) is 4.57 Å². The Morgan fingerprint density at radius 3 is 2.36 bits per heavy atom. The Balaban J connectivity index is 2.82. The Morgan fingerprint density at radius 2 is 1.91 bits per heavy atom. The predicted octanol–water partition coefficient (Wildman–Crippen LogP) is 5.78. The zero-order valence-corrected chi connectivity index (χ0v) is 14.4. The fraction of sp³-hybridized carbons (Fsp3) is 0.214. The number of nitriles is 1. The van der Waals surface area contributed by atoms with E-state index in [1.165, 1.54) is 11.8 Å². The van der Waals surface area contributed by atoms with E-state index in [0.29, 0.717) is 10.6 Å². The third-order valence-corrected chi connectivity index (χ3v) is 4.50. The lowest BCUT2D eigenvalue weighted by Gasteiger charge is -2.14. The largest absolute Gasteiger partial charge is 0.432 e. The average molecular weight is 410 g/mol. The van der Waals surface area contributed by atoms with E-state index in [1.54, 1.807) is 30.5 Å². The number of halogens is 5. The number of rotatable bonds is 3. The monoisotopic (exact) mass is 408 g/mol. The van der Waals surface area contributed by atoms with E-state index in [-0.39, 0.29) is 21.6 Å². The molecule has 0 radical (unpaired) electrons. The highest BCUT2D eigenvalue weighted by Gasteiger charge is 2.40. The molecule has 116 valence electrons. The van der Waals surface area contributed by atoms with Gasteiger partial charge < -0.3 is 4.57 Å². The highest BCUT2D eigenvalue weighted by molar-refractivity contribution is 9.10. The van der Waals surface area contributed by atoms with E-state index in [2.05, 4.69) is 15.9 Å². The van der Waals surface area contributed by atoms with Gasteiger partial charge >= 0.3 is 6.18 Å². The summed E-state index contributed by atoms with van der Waals surface area (Å²) in [7, 11) is 0. The zero-order valence-electron chi connectivity index (χ0n) is 11.2. The van der Waals surface area contributed by atoms with Crippen LogP contribution in [0.25, 0.3) is 11.3 Å². The number of hydrogen-bond donors (Lipinski definition) is 0. The molecule has 0 unspecified atom stereocenters. The summed E-state index contributed by atoms with van der Waals surface area (Å²) in [6, 6.07) is 8.21. The summed E-state index contributed by atoms with van der Waals surface area (Å²) in [5.41, 5.74) is -0.161. The van der Waals surface area contributed by atoms with Crippen LogP contribution in [0.5, 0.6) is 0 Å². The van der Waals surface area contributed by atoms with Gasteiger partial charge in [0.15, 0.2) is 0 Å². The molecule has 0 amide bonds. The Hall–Kier alpha value is -1.10. The Labute approximate surface area is 143 Å². The molecule has 0 aliphatic rings. The van der Waals surface area contributed by atoms with Gasteiger partial charge in [-0.15, -0.1) is 11.8 Å². The van der Waals surface area contributed by atoms with Gasteiger partial charge in [-0.1, -0.05) is 23.7 Å². The summed E-state index contributed by atoms with van der Waals surface area (Å²) in [6.07, 6.45) is -2.86. The van der Waals surface area contributed by atoms with E-state index in [9.17, 15) is 18.4 Å². The molecule has 1 aromatic heterocycles. The molecule has 0 saturated heterocycles. The lowest BCUT2D eigenvalue weighted by Crippen LogP contribution is -2.14. The van der Waals surface area contributed by atoms with Crippen LogP contribution < -0.4 is 0 Å². The number of alkyl halides is 3. The van der Waals surface area contributed by atoms with Gasteiger partial charge in [-0.2, -0.15) is 18.4 Å². The highest BCUT2D eigenvalue weighted by atomic mass is 79.9. The second-order valence-electron chi connectivity index (χ2n) is 4.35. The van der Waals surface area contributed by atoms with Crippen LogP contribution in [0.2, 0.25) is 5.02 Å². The quantitative estimate of drug-likeness (QED) is 0.643. The molecular formula is C14H9BrClF3N2S. The lowest BCUT2D eigenvalue weighted by atomic mass is 10.1. The number of hydrogen-bond acceptors (Lipinski definition) is 2. The van der Waals surface area contributed by atoms with Crippen molar-refractivity contribution >= 4 is 39.3 Å². The molecule has 8 heteroatoms. The summed E-state index contributed by atoms with van der Waals surface area (Å²) in [6.45, 7) is 0. The first-order valence-corrected chi connectivity index (χ1v) is 8.52. The standard InChI is InChI=1S/C14H9BrClF3N2S/c1-22-7-21-12(8-2-4-9(16)5-3-8)10(6-20)11(15)13(21)14(17,18)19/h2-5H,7H2,1H3. The van der Waals surface area contributed by atoms with Gasteiger partial charge in [-0.3, -0.25) is 0 Å². The fourth-order valence-corrected chi connectivity index (χ4v) is 3.49. The molecule has 0 fully saturated rings. The second kappa shape index (κ2) is 6.57. The van der Waals surface area contributed by atoms with Crippen LogP contribution in [0.4, 0.5) is 13.2 Å². The van der Waals surface area contributed by atoms with E-state index >= 15 is 0 Å². The van der Waals surface area contributed by atoms with Crippen LogP contribution in [0.3, 0.4) is 0 Å². The number of nitrogens with zero attached hydrogens (tertiary/aromatic N) is 2. The van der Waals surface area contributed by atoms with Crippen LogP contribution in [-0.4, -0.2) is 10.8 Å². The molecule has 0 spiro atoms. The van der Waals surface area contributed by atoms with Crippen LogP contribution in [-0.2, 0) is 12.1 Å². The zero-order chi connectivity index (χ0) is 16.5. The molecule has 0 atom stereocenters. The first-order chi connectivity index (χ1) is 10.3. The van der Waals surface area contributed by atoms with Crippen molar-refractivity contribution in [1.29, 1.82) is 5.26 Å². The van der Waals surface area contributed by atoms with Crippen LogP contribution >= 0.6 is 39.3 Å². The molecule has 22 heavy (non-hydrogen) atoms. The summed E-state index contributed by atoms with van der Waals surface area (Å²) < 4.78 is 40.9. The van der Waals surface area contributed by atoms with Crippen LogP contribution in [0.15, 0.2) is 28.7 Å². The summed E-state index contributed by atoms with van der Waals surface area (Å²) in [4.78, 5) is 0. The maximum Gasteiger partial charge on any atom is 0.432 e. The molecule has 1 heterocycles. The van der Waals surface area contributed by atoms with Gasteiger partial charge in [0.05, 0.1) is 21.6 Å². The molecular weight excluding hydrogens is 401 g/mol. The Bertz CT molecular complexity index is 733. The summed E-state index contributed by atoms with van der Waals surface area (Å²) >= 11 is 9.99. The van der Waals surface area contributed by atoms with Gasteiger partial charge in [0, 0.05) is 5.02 Å². The van der Waals surface area contributed by atoms with E-state index in [4.69, 9.17) is 11.6 Å². The predicted molar refractivity (Wildman–Crippen MR) is 85.8 cm³/mol. The molecule has 0 aliphatic heterocycles. The second-order valence-corrected chi connectivity index (χ2v) is 6.41. The molecule has 2 nitrogen and oxygen atoms in total. The topological polar surface area (TPSA) is 28.7 Å². The van der Waals surface area contributed by atoms with Crippen molar-refractivity contribution < 1.29 is 13.2 Å². The number of thioether (sulfide) groups is 1. The minimum Gasteiger partial charge on any atom is -0.325 e. The first-order valence-electron chi connectivity index (χ1n) is 5.95. The number of aromatic nitrogens is 1. The third kappa shape index (κ3) is 3.14. The lowest BCUT2D eigenvalue weighted by molar-refractivity contribution is -0.143. The summed E-state index contributed by atoms with van der Waals surface area (Å²) in [5.74, 6) is 0.0765. The van der Waals surface area contributed by atoms with Crippen molar-refractivity contribution in [2.75, 3.05) is 6.26 Å². The molecule has 0 saturated carbocycles. The van der Waals surface area contributed by atoms with Crippen LogP contribution in [0, 0.1) is 11.3 Å². The van der Waals surface area contributed by atoms with Gasteiger partial charge in [0.2, 0.25) is 0 Å². The minimum atomic E-state index is -4.56. The van der Waals surface area contributed by atoms with Crippen molar-refractivity contribution in [3.8, 4) is 17.3 Å². The van der Waals surface area contributed by atoms with E-state index < -0.39 is 11.9 Å². The van der Waals surface area contributed by atoms with Crippen molar-refractivity contribution in [3.63, 3.8) is 0 Å². The average Bonchev–Trinajstić information content (AvgIpc) is 2.72. The normalized spacial score (nSPS) is 11.5. The maximum atomic E-state index is 13.4. The van der Waals surface area contributed by atoms with Crippen LogP contribution in [0.1, 0.15) is 11.3 Å². The van der Waals surface area contributed by atoms with Gasteiger partial charge in [0.25, 0.3) is 0 Å². The summed E-state index contributed by atoms with van der Waals surface area (Å²) in [5, 5.41) is 9.77. The molecule has 1 aromatic carbocycles. The van der Waals surface area contributed by atoms with Gasteiger partial charge in [-0.05, 0) is 39.9 Å². The molecule has 0 aliphatic carbocycles. The van der Waals surface area contributed by atoms with E-state index in [1.807, 2.05) is 6.07 Å². The third-order valence-electron chi connectivity index (χ3n) is 2.96. The van der Waals surface area contributed by atoms with Gasteiger partial charge in [-0.25, -0.2) is 0 Å². The Morgan fingerprint density at radius 1 is 1.32 bits per heavy atom. The smallest absolute Gasteiger partial charge is 0.325 e. The maximum absolute atomic E-state index is 13.4. The van der Waals surface area contributed by atoms with Crippen molar-refractivity contribution in [1.82, 2.24) is 4.57 Å². The Kier molecular flexibility index (Phi) is 5.15. The molecule has 0 bridgehead atoms. The molecule has 2 rings (SSSR count). The molecule has 2 aromatic rings. The highest BCUT2D eigenvalue weighted by Crippen LogP contribution is 2.43. The van der Waals surface area contributed by atoms with Crippen molar-refractivity contribution in [2.45, 2.75) is 12.1 Å². The minimum absolute atomic E-state index is 0.0382. The number of benzene rings is 1. The molecule has 0 N–H and O–H groups in total. The fourth-order valence-electron chi connectivity index (χ4n) is 2.13. The van der Waals surface area contributed by atoms with Crippen molar-refractivity contribution in [3.05, 3.63) is 45.0 Å².